The van der Waals surface area contributed by atoms with E-state index in [-0.39, 0.29) is 61.4 Å². The molecule has 7 aromatic carbocycles. The molecule has 0 aromatic heterocycles. The van der Waals surface area contributed by atoms with Gasteiger partial charge in [0.1, 0.15) is 5.82 Å². The molecule has 1 saturated carbocycles. The van der Waals surface area contributed by atoms with E-state index >= 15 is 4.39 Å². The molecule has 4 aliphatic carbocycles. The largest absolute Gasteiger partial charge is 0.334 e. The van der Waals surface area contributed by atoms with Crippen LogP contribution >= 0.6 is 0 Å². The van der Waals surface area contributed by atoms with Gasteiger partial charge >= 0.3 is 0 Å². The Hall–Kier alpha value is -6.07. The van der Waals surface area contributed by atoms with Crippen LogP contribution in [0.2, 0.25) is 0 Å². The summed E-state index contributed by atoms with van der Waals surface area (Å²) in [7, 11) is 0. The van der Waals surface area contributed by atoms with E-state index in [4.69, 9.17) is 0 Å². The van der Waals surface area contributed by atoms with Crippen molar-refractivity contribution in [3.63, 3.8) is 0 Å². The van der Waals surface area contributed by atoms with Gasteiger partial charge in [0, 0.05) is 50.8 Å². The van der Waals surface area contributed by atoms with Gasteiger partial charge in [0.25, 0.3) is 6.71 Å². The third-order valence-corrected chi connectivity index (χ3v) is 23.6. The van der Waals surface area contributed by atoms with Gasteiger partial charge in [-0.1, -0.05) is 178 Å². The summed E-state index contributed by atoms with van der Waals surface area (Å²) < 4.78 is 16.0. The fourth-order valence-corrected chi connectivity index (χ4v) is 17.6. The molecular formula is C78H91BFN3. The summed E-state index contributed by atoms with van der Waals surface area (Å²) in [6.45, 7) is 41.9. The quantitative estimate of drug-likeness (QED) is 0.163. The van der Waals surface area contributed by atoms with Crippen molar-refractivity contribution in [1.29, 1.82) is 0 Å². The summed E-state index contributed by atoms with van der Waals surface area (Å²) in [4.78, 5) is 8.21. The maximum Gasteiger partial charge on any atom is 0.252 e. The summed E-state index contributed by atoms with van der Waals surface area (Å²) in [6, 6.07) is 48.0. The third kappa shape index (κ3) is 7.85. The summed E-state index contributed by atoms with van der Waals surface area (Å²) in [5, 5.41) is 0. The monoisotopic (exact) mass is 1100 g/mol. The highest BCUT2D eigenvalue weighted by atomic mass is 19.1. The molecule has 3 heterocycles. The molecule has 1 fully saturated rings. The molecule has 5 heteroatoms. The first-order chi connectivity index (χ1) is 38.9. The smallest absolute Gasteiger partial charge is 0.252 e. The molecule has 0 radical (unpaired) electrons. The average Bonchev–Trinajstić information content (AvgIpc) is 1.75. The minimum Gasteiger partial charge on any atom is -0.334 e. The Morgan fingerprint density at radius 1 is 0.398 bits per heavy atom. The zero-order valence-corrected chi connectivity index (χ0v) is 53.4. The predicted octanol–water partition coefficient (Wildman–Crippen LogP) is 19.7. The summed E-state index contributed by atoms with van der Waals surface area (Å²) >= 11 is 0. The SMILES string of the molecule is CC(C)(C)c1ccc(N2c3cc4c(cc3B3c5cc6c(cc5N(c5ccc7c(c5)C(C)(C)CCC7(C)C)c5cc(N7c8ccc(F)cc8C8(C)CCCCC78C)cc2c53)C(C)(C)CCC6(C)C)C(C)(C)CCC4(C)C)c(-c2ccccc2)c1. The number of fused-ring (bicyclic) bond motifs is 10. The summed E-state index contributed by atoms with van der Waals surface area (Å²) in [5.41, 5.74) is 27.1. The second-order valence-corrected chi connectivity index (χ2v) is 32.6. The normalized spacial score (nSPS) is 24.1. The molecule has 3 aliphatic heterocycles. The number of anilines is 8. The topological polar surface area (TPSA) is 9.72 Å². The van der Waals surface area contributed by atoms with E-state index in [1.54, 1.807) is 6.07 Å². The summed E-state index contributed by atoms with van der Waals surface area (Å²) in [6.07, 6.45) is 11.2. The van der Waals surface area contributed by atoms with Gasteiger partial charge in [0.05, 0.1) is 11.2 Å². The third-order valence-electron chi connectivity index (χ3n) is 23.6. The number of rotatable bonds is 4. The maximum absolute atomic E-state index is 16.0. The minimum absolute atomic E-state index is 0.00218. The van der Waals surface area contributed by atoms with Crippen LogP contribution in [0.5, 0.6) is 0 Å². The van der Waals surface area contributed by atoms with Crippen molar-refractivity contribution >= 4 is 68.6 Å². The van der Waals surface area contributed by atoms with Gasteiger partial charge < -0.3 is 14.7 Å². The van der Waals surface area contributed by atoms with Gasteiger partial charge in [-0.2, -0.15) is 0 Å². The van der Waals surface area contributed by atoms with Gasteiger partial charge in [-0.15, -0.1) is 0 Å². The molecule has 7 aliphatic rings. The molecule has 2 atom stereocenters. The molecule has 0 spiro atoms. The van der Waals surface area contributed by atoms with Gasteiger partial charge in [0.15, 0.2) is 0 Å². The lowest BCUT2D eigenvalue weighted by Gasteiger charge is -2.52. The Morgan fingerprint density at radius 2 is 0.892 bits per heavy atom. The molecule has 2 unspecified atom stereocenters. The Morgan fingerprint density at radius 3 is 1.46 bits per heavy atom. The van der Waals surface area contributed by atoms with Crippen LogP contribution in [0, 0.1) is 5.82 Å². The number of nitrogens with zero attached hydrogens (tertiary/aromatic N) is 3. The van der Waals surface area contributed by atoms with Crippen molar-refractivity contribution in [2.45, 2.75) is 231 Å². The molecule has 0 amide bonds. The molecule has 3 nitrogen and oxygen atoms in total. The minimum atomic E-state index is -0.315. The fraction of sp³-hybridized carbons (Fsp3) is 0.462. The standard InChI is InChI=1S/C78H91BFN3/c1-70(2,3)49-25-29-63(53(39-49)48-23-19-18-20-24-48)82-66-47-59-57(74(10,11)36-38-76(59,14)15)45-62(66)79-61-44-56-58(75(12,13)37-35-73(56,8)9)46-65(61)81(51-27-28-54-55(41-51)72(6,7)34-33-71(54,4)5)67-42-52(43-68(82)69(67)79)83-64-30-26-50(80)40-60(64)77(16)31-21-22-32-78(77,83)17/h18-20,23-30,39-47H,21-22,31-38H2,1-17H3. The van der Waals surface area contributed by atoms with Crippen LogP contribution in [0.25, 0.3) is 11.1 Å². The van der Waals surface area contributed by atoms with Crippen molar-refractivity contribution in [1.82, 2.24) is 0 Å². The lowest BCUT2D eigenvalue weighted by molar-refractivity contribution is 0.194. The number of hydrogen-bond acceptors (Lipinski definition) is 3. The van der Waals surface area contributed by atoms with Gasteiger partial charge in [-0.3, -0.25) is 0 Å². The van der Waals surface area contributed by atoms with Crippen LogP contribution in [0.3, 0.4) is 0 Å². The van der Waals surface area contributed by atoms with Crippen LogP contribution in [0.15, 0.2) is 121 Å². The average molecular weight is 1100 g/mol. The second-order valence-electron chi connectivity index (χ2n) is 32.6. The van der Waals surface area contributed by atoms with E-state index in [1.807, 2.05) is 6.07 Å². The highest BCUT2D eigenvalue weighted by Gasteiger charge is 2.59. The van der Waals surface area contributed by atoms with Gasteiger partial charge in [-0.05, 0) is 229 Å². The Balaban J connectivity index is 1.18. The van der Waals surface area contributed by atoms with E-state index in [9.17, 15) is 0 Å². The van der Waals surface area contributed by atoms with Crippen molar-refractivity contribution in [3.8, 4) is 11.1 Å². The Bertz CT molecular complexity index is 3880. The van der Waals surface area contributed by atoms with Crippen LogP contribution in [-0.2, 0) is 43.3 Å². The maximum atomic E-state index is 16.0. The number of benzene rings is 7. The van der Waals surface area contributed by atoms with Crippen molar-refractivity contribution in [3.05, 3.63) is 172 Å². The molecule has 14 rings (SSSR count). The van der Waals surface area contributed by atoms with Crippen LogP contribution < -0.4 is 31.1 Å². The lowest BCUT2D eigenvalue weighted by atomic mass is 9.32. The lowest BCUT2D eigenvalue weighted by Crippen LogP contribution is -2.62. The second kappa shape index (κ2) is 17.5. The molecular weight excluding hydrogens is 1010 g/mol. The number of halogens is 1. The first kappa shape index (κ1) is 54.8. The fourth-order valence-electron chi connectivity index (χ4n) is 17.6. The number of hydrogen-bond donors (Lipinski definition) is 0. The molecule has 428 valence electrons. The Kier molecular flexibility index (Phi) is 11.6. The van der Waals surface area contributed by atoms with Crippen molar-refractivity contribution < 1.29 is 4.39 Å². The van der Waals surface area contributed by atoms with E-state index in [1.165, 1.54) is 113 Å². The van der Waals surface area contributed by atoms with Crippen LogP contribution in [0.1, 0.15) is 226 Å². The zero-order chi connectivity index (χ0) is 58.7. The molecule has 0 saturated heterocycles. The first-order valence-corrected chi connectivity index (χ1v) is 32.0. The highest BCUT2D eigenvalue weighted by Crippen LogP contribution is 2.63. The van der Waals surface area contributed by atoms with E-state index < -0.39 is 0 Å². The molecule has 0 N–H and O–H groups in total. The van der Waals surface area contributed by atoms with Crippen molar-refractivity contribution in [2.24, 2.45) is 0 Å². The first-order valence-electron chi connectivity index (χ1n) is 32.0. The predicted molar refractivity (Wildman–Crippen MR) is 353 cm³/mol. The van der Waals surface area contributed by atoms with Crippen molar-refractivity contribution in [2.75, 3.05) is 14.7 Å². The van der Waals surface area contributed by atoms with E-state index in [2.05, 4.69) is 242 Å². The Labute approximate surface area is 498 Å². The molecule has 0 bridgehead atoms. The summed E-state index contributed by atoms with van der Waals surface area (Å²) in [5.74, 6) is -0.150. The molecule has 83 heavy (non-hydrogen) atoms. The zero-order valence-electron chi connectivity index (χ0n) is 53.4. The van der Waals surface area contributed by atoms with Gasteiger partial charge in [0.2, 0.25) is 0 Å². The van der Waals surface area contributed by atoms with E-state index in [0.717, 1.165) is 69.0 Å². The molecule has 7 aromatic rings. The van der Waals surface area contributed by atoms with Gasteiger partial charge in [-0.25, -0.2) is 4.39 Å². The van der Waals surface area contributed by atoms with Crippen LogP contribution in [-0.4, -0.2) is 12.3 Å². The highest BCUT2D eigenvalue weighted by molar-refractivity contribution is 7.00. The van der Waals surface area contributed by atoms with E-state index in [0.29, 0.717) is 0 Å². The van der Waals surface area contributed by atoms with Crippen LogP contribution in [0.4, 0.5) is 49.9 Å².